The maximum atomic E-state index is 12.6. The number of amides is 1. The third kappa shape index (κ3) is 7.56. The van der Waals surface area contributed by atoms with E-state index >= 15 is 0 Å². The first kappa shape index (κ1) is 25.7. The highest BCUT2D eigenvalue weighted by Crippen LogP contribution is 2.44. The third-order valence-corrected chi connectivity index (χ3v) is 7.87. The van der Waals surface area contributed by atoms with Gasteiger partial charge in [0.05, 0.1) is 18.7 Å². The number of rotatable bonds is 7. The van der Waals surface area contributed by atoms with Gasteiger partial charge in [-0.25, -0.2) is 0 Å². The van der Waals surface area contributed by atoms with Gasteiger partial charge in [-0.2, -0.15) is 26.3 Å². The van der Waals surface area contributed by atoms with Gasteiger partial charge in [0.15, 0.2) is 0 Å². The Morgan fingerprint density at radius 3 is 1.97 bits per heavy atom. The molecule has 34 heavy (non-hydrogen) atoms. The van der Waals surface area contributed by atoms with Crippen molar-refractivity contribution in [1.29, 1.82) is 0 Å². The Hall–Kier alpha value is -1.37. The standard InChI is InChI=1S/C22H30F6N4OS/c23-21(24,25)12-31-5-1-15(2-6-31)29-18-10-17(18)19-9-14(11-34-19)20(33)30-16-3-7-32(8-4-16)13-22(26,27)28/h9,11,15-18,29H,1-8,10,12-13H2,(H,30,33). The lowest BCUT2D eigenvalue weighted by Gasteiger charge is -2.33. The molecule has 4 rings (SSSR count). The summed E-state index contributed by atoms with van der Waals surface area (Å²) in [5.74, 6) is 0.115. The average Bonchev–Trinajstić information content (AvgIpc) is 3.31. The second-order valence-electron chi connectivity index (χ2n) is 9.66. The molecule has 1 amide bonds. The second-order valence-corrected chi connectivity index (χ2v) is 10.6. The van der Waals surface area contributed by atoms with Crippen LogP contribution in [0.15, 0.2) is 11.4 Å². The maximum absolute atomic E-state index is 12.6. The first-order valence-corrected chi connectivity index (χ1v) is 12.6. The number of halogens is 6. The van der Waals surface area contributed by atoms with Crippen LogP contribution in [0, 0.1) is 0 Å². The molecule has 2 aliphatic heterocycles. The molecular weight excluding hydrogens is 482 g/mol. The number of piperidine rings is 2. The molecule has 1 aromatic rings. The van der Waals surface area contributed by atoms with Gasteiger partial charge in [-0.1, -0.05) is 0 Å². The molecule has 2 saturated heterocycles. The van der Waals surface area contributed by atoms with Crippen LogP contribution in [0.3, 0.4) is 0 Å². The maximum Gasteiger partial charge on any atom is 0.401 e. The van der Waals surface area contributed by atoms with Crippen molar-refractivity contribution in [2.24, 2.45) is 0 Å². The summed E-state index contributed by atoms with van der Waals surface area (Å²) >= 11 is 1.52. The molecule has 12 heteroatoms. The number of carbonyl (C=O) groups excluding carboxylic acids is 1. The van der Waals surface area contributed by atoms with Crippen LogP contribution in [0.5, 0.6) is 0 Å². The fourth-order valence-corrected chi connectivity index (χ4v) is 6.00. The van der Waals surface area contributed by atoms with Crippen molar-refractivity contribution in [3.63, 3.8) is 0 Å². The first-order valence-electron chi connectivity index (χ1n) is 11.7. The van der Waals surface area contributed by atoms with Gasteiger partial charge >= 0.3 is 12.4 Å². The predicted molar refractivity (Wildman–Crippen MR) is 117 cm³/mol. The molecule has 0 spiro atoms. The molecule has 0 aromatic carbocycles. The van der Waals surface area contributed by atoms with Crippen LogP contribution < -0.4 is 10.6 Å². The van der Waals surface area contributed by atoms with Crippen LogP contribution >= 0.6 is 11.3 Å². The average molecular weight is 513 g/mol. The Morgan fingerprint density at radius 2 is 1.44 bits per heavy atom. The zero-order chi connectivity index (χ0) is 24.5. The highest BCUT2D eigenvalue weighted by Gasteiger charge is 2.41. The highest BCUT2D eigenvalue weighted by molar-refractivity contribution is 7.10. The Labute approximate surface area is 198 Å². The van der Waals surface area contributed by atoms with Crippen molar-refractivity contribution in [2.75, 3.05) is 39.3 Å². The number of nitrogens with one attached hydrogen (secondary N) is 2. The van der Waals surface area contributed by atoms with E-state index in [0.717, 1.165) is 11.3 Å². The summed E-state index contributed by atoms with van der Waals surface area (Å²) in [4.78, 5) is 16.5. The van der Waals surface area contributed by atoms with E-state index in [1.807, 2.05) is 11.4 Å². The van der Waals surface area contributed by atoms with E-state index in [2.05, 4.69) is 10.6 Å². The molecule has 0 radical (unpaired) electrons. The highest BCUT2D eigenvalue weighted by atomic mass is 32.1. The summed E-state index contributed by atoms with van der Waals surface area (Å²) in [7, 11) is 0. The number of carbonyl (C=O) groups is 1. The number of thiophene rings is 1. The van der Waals surface area contributed by atoms with Crippen LogP contribution in [0.1, 0.15) is 53.3 Å². The molecule has 1 aromatic heterocycles. The zero-order valence-corrected chi connectivity index (χ0v) is 19.5. The molecule has 5 nitrogen and oxygen atoms in total. The number of likely N-dealkylation sites (tertiary alicyclic amines) is 2. The Bertz CT molecular complexity index is 828. The fraction of sp³-hybridized carbons (Fsp3) is 0.773. The van der Waals surface area contributed by atoms with E-state index in [1.165, 1.54) is 21.1 Å². The molecule has 0 bridgehead atoms. The summed E-state index contributed by atoms with van der Waals surface area (Å²) in [5.41, 5.74) is 0.573. The smallest absolute Gasteiger partial charge is 0.349 e. The minimum Gasteiger partial charge on any atom is -0.349 e. The van der Waals surface area contributed by atoms with E-state index in [-0.39, 0.29) is 24.0 Å². The van der Waals surface area contributed by atoms with Gasteiger partial charge in [-0.15, -0.1) is 11.3 Å². The van der Waals surface area contributed by atoms with Crippen molar-refractivity contribution in [1.82, 2.24) is 20.4 Å². The Morgan fingerprint density at radius 1 is 0.912 bits per heavy atom. The van der Waals surface area contributed by atoms with Crippen molar-refractivity contribution in [2.45, 2.75) is 68.5 Å². The summed E-state index contributed by atoms with van der Waals surface area (Å²) in [6, 6.07) is 2.26. The van der Waals surface area contributed by atoms with Crippen LogP contribution in [-0.4, -0.2) is 85.5 Å². The minimum atomic E-state index is -4.21. The van der Waals surface area contributed by atoms with Crippen molar-refractivity contribution >= 4 is 17.2 Å². The molecule has 2 unspecified atom stereocenters. The van der Waals surface area contributed by atoms with Crippen molar-refractivity contribution < 1.29 is 31.1 Å². The van der Waals surface area contributed by atoms with Gasteiger partial charge in [0.25, 0.3) is 5.91 Å². The van der Waals surface area contributed by atoms with Crippen LogP contribution in [0.4, 0.5) is 26.3 Å². The summed E-state index contributed by atoms with van der Waals surface area (Å²) < 4.78 is 75.1. The van der Waals surface area contributed by atoms with Crippen molar-refractivity contribution in [3.05, 3.63) is 21.9 Å². The van der Waals surface area contributed by atoms with Gasteiger partial charge in [-0.05, 0) is 51.3 Å². The molecule has 3 aliphatic rings. The molecule has 192 valence electrons. The van der Waals surface area contributed by atoms with E-state index in [0.29, 0.717) is 63.3 Å². The van der Waals surface area contributed by atoms with Crippen LogP contribution in [0.2, 0.25) is 0 Å². The predicted octanol–water partition coefficient (Wildman–Crippen LogP) is 3.98. The van der Waals surface area contributed by atoms with Gasteiger partial charge in [-0.3, -0.25) is 14.6 Å². The largest absolute Gasteiger partial charge is 0.401 e. The lowest BCUT2D eigenvalue weighted by molar-refractivity contribution is -0.148. The third-order valence-electron chi connectivity index (χ3n) is 6.80. The Balaban J connectivity index is 1.17. The molecule has 2 N–H and O–H groups in total. The molecule has 2 atom stereocenters. The second kappa shape index (κ2) is 10.3. The van der Waals surface area contributed by atoms with E-state index in [4.69, 9.17) is 0 Å². The van der Waals surface area contributed by atoms with Crippen LogP contribution in [0.25, 0.3) is 0 Å². The fourth-order valence-electron chi connectivity index (χ4n) is 4.93. The van der Waals surface area contributed by atoms with E-state index < -0.39 is 25.4 Å². The molecular formula is C22H30F6N4OS. The first-order chi connectivity index (χ1) is 15.9. The summed E-state index contributed by atoms with van der Waals surface area (Å²) in [6.45, 7) is -0.267. The quantitative estimate of drug-likeness (QED) is 0.543. The lowest BCUT2D eigenvalue weighted by atomic mass is 10.0. The van der Waals surface area contributed by atoms with Gasteiger partial charge in [0.2, 0.25) is 0 Å². The van der Waals surface area contributed by atoms with Crippen molar-refractivity contribution in [3.8, 4) is 0 Å². The Kier molecular flexibility index (Phi) is 7.80. The molecule has 3 heterocycles. The number of nitrogens with zero attached hydrogens (tertiary/aromatic N) is 2. The molecule has 1 aliphatic carbocycles. The number of hydrogen-bond acceptors (Lipinski definition) is 5. The van der Waals surface area contributed by atoms with Gasteiger partial charge < -0.3 is 10.6 Å². The number of alkyl halides is 6. The molecule has 3 fully saturated rings. The summed E-state index contributed by atoms with van der Waals surface area (Å²) in [5, 5.41) is 8.32. The SMILES string of the molecule is O=C(NC1CCN(CC(F)(F)F)CC1)c1csc(C2CC2NC2CCN(CC(F)(F)F)CC2)c1. The zero-order valence-electron chi connectivity index (χ0n) is 18.7. The van der Waals surface area contributed by atoms with Gasteiger partial charge in [0.1, 0.15) is 0 Å². The summed E-state index contributed by atoms with van der Waals surface area (Å²) in [6.07, 6.45) is -5.04. The topological polar surface area (TPSA) is 47.6 Å². The van der Waals surface area contributed by atoms with E-state index in [1.54, 1.807) is 0 Å². The lowest BCUT2D eigenvalue weighted by Crippen LogP contribution is -2.47. The normalized spacial score (nSPS) is 26.1. The number of hydrogen-bond donors (Lipinski definition) is 2. The molecule has 1 saturated carbocycles. The minimum absolute atomic E-state index is 0.126. The monoisotopic (exact) mass is 512 g/mol. The van der Waals surface area contributed by atoms with Crippen LogP contribution in [-0.2, 0) is 0 Å². The van der Waals surface area contributed by atoms with E-state index in [9.17, 15) is 31.1 Å². The van der Waals surface area contributed by atoms with Gasteiger partial charge in [0, 0.05) is 47.4 Å².